The molecule has 0 N–H and O–H groups in total. The molecule has 0 aromatic heterocycles. The zero-order chi connectivity index (χ0) is 16.8. The number of nitrogens with zero attached hydrogens (tertiary/aromatic N) is 1. The second-order valence-corrected chi connectivity index (χ2v) is 5.80. The summed E-state index contributed by atoms with van der Waals surface area (Å²) in [4.78, 5) is 2.33. The summed E-state index contributed by atoms with van der Waals surface area (Å²) in [5.41, 5.74) is 1.17. The van der Waals surface area contributed by atoms with Gasteiger partial charge in [0.15, 0.2) is 0 Å². The van der Waals surface area contributed by atoms with E-state index in [2.05, 4.69) is 11.0 Å². The molecule has 1 saturated heterocycles. The van der Waals surface area contributed by atoms with Crippen molar-refractivity contribution in [3.05, 3.63) is 59.9 Å². The Morgan fingerprint density at radius 2 is 1.96 bits per heavy atom. The van der Waals surface area contributed by atoms with Crippen LogP contribution >= 0.6 is 0 Å². The van der Waals surface area contributed by atoms with Crippen molar-refractivity contribution in [1.82, 2.24) is 4.90 Å². The van der Waals surface area contributed by atoms with Crippen molar-refractivity contribution in [2.75, 3.05) is 33.4 Å². The van der Waals surface area contributed by atoms with Crippen molar-refractivity contribution in [2.45, 2.75) is 12.6 Å². The fourth-order valence-corrected chi connectivity index (χ4v) is 2.82. The van der Waals surface area contributed by atoms with Crippen molar-refractivity contribution >= 4 is 0 Å². The lowest BCUT2D eigenvalue weighted by atomic mass is 10.1. The molecule has 1 aliphatic rings. The van der Waals surface area contributed by atoms with Gasteiger partial charge in [-0.05, 0) is 30.3 Å². The van der Waals surface area contributed by atoms with E-state index in [1.54, 1.807) is 19.2 Å². The summed E-state index contributed by atoms with van der Waals surface area (Å²) in [7, 11) is 1.69. The van der Waals surface area contributed by atoms with Crippen molar-refractivity contribution in [3.63, 3.8) is 0 Å². The normalized spacial score (nSPS) is 18.3. The molecule has 5 heteroatoms. The number of ether oxygens (including phenoxy) is 3. The predicted octanol–water partition coefficient (Wildman–Crippen LogP) is 3.11. The molecular formula is C19H22FNO3. The molecule has 2 aromatic carbocycles. The van der Waals surface area contributed by atoms with Gasteiger partial charge < -0.3 is 14.2 Å². The van der Waals surface area contributed by atoms with Crippen molar-refractivity contribution < 1.29 is 18.6 Å². The van der Waals surface area contributed by atoms with Gasteiger partial charge in [-0.3, -0.25) is 4.90 Å². The van der Waals surface area contributed by atoms with E-state index < -0.39 is 0 Å². The highest BCUT2D eigenvalue weighted by atomic mass is 19.1. The minimum absolute atomic E-state index is 0.00138. The summed E-state index contributed by atoms with van der Waals surface area (Å²) < 4.78 is 29.8. The maximum atomic E-state index is 12.9. The van der Waals surface area contributed by atoms with E-state index >= 15 is 0 Å². The number of hydrogen-bond donors (Lipinski definition) is 0. The second kappa shape index (κ2) is 8.13. The second-order valence-electron chi connectivity index (χ2n) is 5.80. The lowest BCUT2D eigenvalue weighted by Crippen LogP contribution is -2.44. The molecule has 1 aliphatic heterocycles. The molecule has 24 heavy (non-hydrogen) atoms. The standard InChI is InChI=1S/C19H22FNO3/c1-22-19-5-3-2-4-15(19)12-21-10-11-23-18(13-21)14-24-17-8-6-16(20)7-9-17/h2-9,18H,10-14H2,1H3. The first-order valence-electron chi connectivity index (χ1n) is 8.09. The van der Waals surface area contributed by atoms with Gasteiger partial charge in [-0.25, -0.2) is 4.39 Å². The summed E-state index contributed by atoms with van der Waals surface area (Å²) in [6.07, 6.45) is -0.00138. The van der Waals surface area contributed by atoms with Crippen LogP contribution in [0.3, 0.4) is 0 Å². The minimum atomic E-state index is -0.265. The Kier molecular flexibility index (Phi) is 5.67. The summed E-state index contributed by atoms with van der Waals surface area (Å²) >= 11 is 0. The largest absolute Gasteiger partial charge is 0.496 e. The zero-order valence-electron chi connectivity index (χ0n) is 13.8. The third-order valence-corrected chi connectivity index (χ3v) is 4.06. The topological polar surface area (TPSA) is 30.9 Å². The fourth-order valence-electron chi connectivity index (χ4n) is 2.82. The Hall–Kier alpha value is -2.11. The third kappa shape index (κ3) is 4.46. The van der Waals surface area contributed by atoms with E-state index in [-0.39, 0.29) is 11.9 Å². The number of morpholine rings is 1. The number of para-hydroxylation sites is 1. The summed E-state index contributed by atoms with van der Waals surface area (Å²) in [5, 5.41) is 0. The summed E-state index contributed by atoms with van der Waals surface area (Å²) in [5.74, 6) is 1.30. The fraction of sp³-hybridized carbons (Fsp3) is 0.368. The highest BCUT2D eigenvalue weighted by Gasteiger charge is 2.22. The minimum Gasteiger partial charge on any atom is -0.496 e. The number of hydrogen-bond acceptors (Lipinski definition) is 4. The lowest BCUT2D eigenvalue weighted by molar-refractivity contribution is -0.0505. The molecule has 1 unspecified atom stereocenters. The van der Waals surface area contributed by atoms with Gasteiger partial charge in [0.05, 0.1) is 13.7 Å². The van der Waals surface area contributed by atoms with E-state index in [4.69, 9.17) is 14.2 Å². The van der Waals surface area contributed by atoms with E-state index in [1.165, 1.54) is 17.7 Å². The molecule has 0 bridgehead atoms. The van der Waals surface area contributed by atoms with Gasteiger partial charge >= 0.3 is 0 Å². The van der Waals surface area contributed by atoms with Gasteiger partial charge in [-0.1, -0.05) is 18.2 Å². The average Bonchev–Trinajstić information content (AvgIpc) is 2.62. The smallest absolute Gasteiger partial charge is 0.123 e. The summed E-state index contributed by atoms with van der Waals surface area (Å²) in [6.45, 7) is 3.62. The molecule has 0 spiro atoms. The van der Waals surface area contributed by atoms with Crippen LogP contribution in [-0.2, 0) is 11.3 Å². The SMILES string of the molecule is COc1ccccc1CN1CCOC(COc2ccc(F)cc2)C1. The first-order valence-corrected chi connectivity index (χ1v) is 8.09. The highest BCUT2D eigenvalue weighted by molar-refractivity contribution is 5.33. The number of benzene rings is 2. The van der Waals surface area contributed by atoms with E-state index in [9.17, 15) is 4.39 Å². The molecule has 128 valence electrons. The third-order valence-electron chi connectivity index (χ3n) is 4.06. The maximum Gasteiger partial charge on any atom is 0.123 e. The molecule has 0 radical (unpaired) electrons. The van der Waals surface area contributed by atoms with E-state index in [1.807, 2.05) is 18.2 Å². The molecule has 3 rings (SSSR count). The molecule has 0 aliphatic carbocycles. The molecule has 2 aromatic rings. The lowest BCUT2D eigenvalue weighted by Gasteiger charge is -2.33. The number of halogens is 1. The van der Waals surface area contributed by atoms with Crippen molar-refractivity contribution in [2.24, 2.45) is 0 Å². The highest BCUT2D eigenvalue weighted by Crippen LogP contribution is 2.21. The van der Waals surface area contributed by atoms with Crippen LogP contribution in [0.4, 0.5) is 4.39 Å². The van der Waals surface area contributed by atoms with Gasteiger partial charge in [-0.15, -0.1) is 0 Å². The van der Waals surface area contributed by atoms with Gasteiger partial charge in [0.1, 0.15) is 30.0 Å². The Morgan fingerprint density at radius 3 is 2.75 bits per heavy atom. The van der Waals surface area contributed by atoms with Crippen LogP contribution in [0.15, 0.2) is 48.5 Å². The molecule has 0 saturated carbocycles. The first-order chi connectivity index (χ1) is 11.7. The van der Waals surface area contributed by atoms with Gasteiger partial charge in [0.2, 0.25) is 0 Å². The Balaban J connectivity index is 1.53. The Bertz CT molecular complexity index is 647. The molecule has 0 amide bonds. The Morgan fingerprint density at radius 1 is 1.17 bits per heavy atom. The van der Waals surface area contributed by atoms with Crippen LogP contribution in [-0.4, -0.2) is 44.4 Å². The Labute approximate surface area is 141 Å². The van der Waals surface area contributed by atoms with Crippen LogP contribution in [0, 0.1) is 5.82 Å². The summed E-state index contributed by atoms with van der Waals surface area (Å²) in [6, 6.07) is 14.1. The molecule has 1 fully saturated rings. The van der Waals surface area contributed by atoms with E-state index in [0.29, 0.717) is 19.0 Å². The number of methoxy groups -OCH3 is 1. The van der Waals surface area contributed by atoms with Crippen LogP contribution in [0.2, 0.25) is 0 Å². The van der Waals surface area contributed by atoms with E-state index in [0.717, 1.165) is 25.4 Å². The molecule has 1 atom stereocenters. The van der Waals surface area contributed by atoms with Crippen LogP contribution in [0.5, 0.6) is 11.5 Å². The molecular weight excluding hydrogens is 309 g/mol. The van der Waals surface area contributed by atoms with Crippen LogP contribution in [0.1, 0.15) is 5.56 Å². The van der Waals surface area contributed by atoms with Crippen molar-refractivity contribution in [3.8, 4) is 11.5 Å². The average molecular weight is 331 g/mol. The predicted molar refractivity (Wildman–Crippen MR) is 89.9 cm³/mol. The zero-order valence-corrected chi connectivity index (χ0v) is 13.8. The quantitative estimate of drug-likeness (QED) is 0.814. The van der Waals surface area contributed by atoms with Crippen LogP contribution < -0.4 is 9.47 Å². The van der Waals surface area contributed by atoms with Gasteiger partial charge in [0, 0.05) is 25.2 Å². The van der Waals surface area contributed by atoms with Gasteiger partial charge in [0.25, 0.3) is 0 Å². The molecule has 4 nitrogen and oxygen atoms in total. The number of rotatable bonds is 6. The molecule has 1 heterocycles. The maximum absolute atomic E-state index is 12.9. The monoisotopic (exact) mass is 331 g/mol. The van der Waals surface area contributed by atoms with Crippen LogP contribution in [0.25, 0.3) is 0 Å². The van der Waals surface area contributed by atoms with Gasteiger partial charge in [-0.2, -0.15) is 0 Å². The first kappa shape index (κ1) is 16.7. The van der Waals surface area contributed by atoms with Crippen molar-refractivity contribution in [1.29, 1.82) is 0 Å².